The van der Waals surface area contributed by atoms with Crippen LogP contribution in [0.4, 0.5) is 0 Å². The van der Waals surface area contributed by atoms with E-state index in [2.05, 4.69) is 10.1 Å². The lowest BCUT2D eigenvalue weighted by Crippen LogP contribution is -2.05. The van der Waals surface area contributed by atoms with Crippen LogP contribution < -0.4 is 0 Å². The monoisotopic (exact) mass is 282 g/mol. The van der Waals surface area contributed by atoms with Crippen LogP contribution in [0.5, 0.6) is 5.75 Å². The standard InChI is InChI=1S/C16H14N2O3/c1-20-14(11-7-3-2-4-8-11)15-17-16(21-18-15)12-9-5-6-10-13(12)19/h2-10,14,19H,1H3. The Morgan fingerprint density at radius 1 is 1.05 bits per heavy atom. The van der Waals surface area contributed by atoms with E-state index in [1.165, 1.54) is 0 Å². The molecule has 0 spiro atoms. The van der Waals surface area contributed by atoms with Crippen LogP contribution in [0.2, 0.25) is 0 Å². The van der Waals surface area contributed by atoms with Crippen molar-refractivity contribution in [2.24, 2.45) is 0 Å². The summed E-state index contributed by atoms with van der Waals surface area (Å²) in [6, 6.07) is 16.5. The summed E-state index contributed by atoms with van der Waals surface area (Å²) >= 11 is 0. The number of ether oxygens (including phenoxy) is 1. The molecule has 1 heterocycles. The predicted octanol–water partition coefficient (Wildman–Crippen LogP) is 3.18. The molecule has 2 aromatic carbocycles. The van der Waals surface area contributed by atoms with Crippen LogP contribution in [0.15, 0.2) is 59.1 Å². The van der Waals surface area contributed by atoms with Crippen molar-refractivity contribution >= 4 is 0 Å². The molecule has 0 amide bonds. The van der Waals surface area contributed by atoms with Gasteiger partial charge in [-0.15, -0.1) is 0 Å². The first-order valence-corrected chi connectivity index (χ1v) is 6.49. The highest BCUT2D eigenvalue weighted by atomic mass is 16.5. The summed E-state index contributed by atoms with van der Waals surface area (Å²) in [5.41, 5.74) is 1.43. The minimum atomic E-state index is -0.408. The van der Waals surface area contributed by atoms with Gasteiger partial charge in [-0.05, 0) is 17.7 Å². The Bertz CT molecular complexity index is 725. The van der Waals surface area contributed by atoms with E-state index < -0.39 is 6.10 Å². The number of phenolic OH excluding ortho intramolecular Hbond substituents is 1. The Morgan fingerprint density at radius 3 is 2.48 bits per heavy atom. The van der Waals surface area contributed by atoms with Crippen molar-refractivity contribution in [3.05, 3.63) is 66.0 Å². The van der Waals surface area contributed by atoms with E-state index in [9.17, 15) is 5.11 Å². The molecular weight excluding hydrogens is 268 g/mol. The number of rotatable bonds is 4. The molecule has 3 aromatic rings. The molecule has 0 aliphatic heterocycles. The fraction of sp³-hybridized carbons (Fsp3) is 0.125. The summed E-state index contributed by atoms with van der Waals surface area (Å²) in [5, 5.41) is 13.8. The molecule has 1 N–H and O–H groups in total. The van der Waals surface area contributed by atoms with Crippen molar-refractivity contribution in [3.8, 4) is 17.2 Å². The van der Waals surface area contributed by atoms with Crippen LogP contribution in [0.1, 0.15) is 17.5 Å². The number of nitrogens with zero attached hydrogens (tertiary/aromatic N) is 2. The smallest absolute Gasteiger partial charge is 0.261 e. The molecule has 5 nitrogen and oxygen atoms in total. The number of aromatic nitrogens is 2. The SMILES string of the molecule is COC(c1ccccc1)c1noc(-c2ccccc2O)n1. The van der Waals surface area contributed by atoms with Crippen LogP contribution in [0.3, 0.4) is 0 Å². The Kier molecular flexibility index (Phi) is 3.66. The summed E-state index contributed by atoms with van der Waals surface area (Å²) < 4.78 is 10.7. The molecule has 0 aliphatic rings. The maximum Gasteiger partial charge on any atom is 0.261 e. The topological polar surface area (TPSA) is 68.4 Å². The van der Waals surface area contributed by atoms with Gasteiger partial charge in [-0.1, -0.05) is 47.6 Å². The van der Waals surface area contributed by atoms with Gasteiger partial charge in [0.05, 0.1) is 5.56 Å². The third kappa shape index (κ3) is 2.64. The Hall–Kier alpha value is -2.66. The zero-order valence-electron chi connectivity index (χ0n) is 11.4. The molecule has 0 radical (unpaired) electrons. The van der Waals surface area contributed by atoms with Crippen molar-refractivity contribution in [2.75, 3.05) is 7.11 Å². The number of para-hydroxylation sites is 1. The van der Waals surface area contributed by atoms with E-state index in [-0.39, 0.29) is 11.6 Å². The van der Waals surface area contributed by atoms with E-state index in [0.717, 1.165) is 5.56 Å². The summed E-state index contributed by atoms with van der Waals surface area (Å²) in [7, 11) is 1.59. The Balaban J connectivity index is 1.96. The van der Waals surface area contributed by atoms with Crippen LogP contribution in [-0.4, -0.2) is 22.4 Å². The first kappa shape index (κ1) is 13.3. The summed E-state index contributed by atoms with van der Waals surface area (Å²) in [4.78, 5) is 4.33. The van der Waals surface area contributed by atoms with E-state index in [0.29, 0.717) is 11.4 Å². The average molecular weight is 282 g/mol. The summed E-state index contributed by atoms with van der Waals surface area (Å²) in [5.74, 6) is 0.782. The van der Waals surface area contributed by atoms with Gasteiger partial charge in [0, 0.05) is 7.11 Å². The zero-order chi connectivity index (χ0) is 14.7. The molecular formula is C16H14N2O3. The molecule has 1 atom stereocenters. The number of hydrogen-bond donors (Lipinski definition) is 1. The van der Waals surface area contributed by atoms with Crippen molar-refractivity contribution in [1.29, 1.82) is 0 Å². The predicted molar refractivity (Wildman–Crippen MR) is 76.7 cm³/mol. The summed E-state index contributed by atoms with van der Waals surface area (Å²) in [6.45, 7) is 0. The van der Waals surface area contributed by atoms with Gasteiger partial charge in [0.15, 0.2) is 0 Å². The second-order valence-electron chi connectivity index (χ2n) is 4.50. The molecule has 0 bridgehead atoms. The van der Waals surface area contributed by atoms with Crippen molar-refractivity contribution in [2.45, 2.75) is 6.10 Å². The van der Waals surface area contributed by atoms with Crippen LogP contribution in [0.25, 0.3) is 11.5 Å². The lowest BCUT2D eigenvalue weighted by Gasteiger charge is -2.10. The minimum absolute atomic E-state index is 0.0985. The molecule has 1 aromatic heterocycles. The van der Waals surface area contributed by atoms with Crippen LogP contribution in [-0.2, 0) is 4.74 Å². The Morgan fingerprint density at radius 2 is 1.76 bits per heavy atom. The van der Waals surface area contributed by atoms with Gasteiger partial charge < -0.3 is 14.4 Å². The van der Waals surface area contributed by atoms with Gasteiger partial charge in [0.1, 0.15) is 11.9 Å². The molecule has 3 rings (SSSR count). The van der Waals surface area contributed by atoms with Gasteiger partial charge in [-0.2, -0.15) is 4.98 Å². The largest absolute Gasteiger partial charge is 0.507 e. The molecule has 0 saturated carbocycles. The molecule has 1 unspecified atom stereocenters. The molecule has 0 aliphatic carbocycles. The van der Waals surface area contributed by atoms with E-state index in [4.69, 9.17) is 9.26 Å². The highest BCUT2D eigenvalue weighted by Gasteiger charge is 2.21. The summed E-state index contributed by atoms with van der Waals surface area (Å²) in [6.07, 6.45) is -0.408. The molecule has 106 valence electrons. The Labute approximate surface area is 121 Å². The second-order valence-corrected chi connectivity index (χ2v) is 4.50. The number of hydrogen-bond acceptors (Lipinski definition) is 5. The fourth-order valence-electron chi connectivity index (χ4n) is 2.12. The van der Waals surface area contributed by atoms with Crippen molar-refractivity contribution < 1.29 is 14.4 Å². The third-order valence-corrected chi connectivity index (χ3v) is 3.15. The minimum Gasteiger partial charge on any atom is -0.507 e. The maximum atomic E-state index is 9.83. The number of aromatic hydroxyl groups is 1. The second kappa shape index (κ2) is 5.76. The normalized spacial score (nSPS) is 12.2. The number of benzene rings is 2. The molecule has 21 heavy (non-hydrogen) atoms. The van der Waals surface area contributed by atoms with Crippen LogP contribution in [0, 0.1) is 0 Å². The van der Waals surface area contributed by atoms with Crippen molar-refractivity contribution in [3.63, 3.8) is 0 Å². The fourth-order valence-corrected chi connectivity index (χ4v) is 2.12. The van der Waals surface area contributed by atoms with E-state index >= 15 is 0 Å². The highest BCUT2D eigenvalue weighted by Crippen LogP contribution is 2.29. The van der Waals surface area contributed by atoms with Gasteiger partial charge in [0.25, 0.3) is 5.89 Å². The van der Waals surface area contributed by atoms with Gasteiger partial charge in [0.2, 0.25) is 5.82 Å². The molecule has 5 heteroatoms. The average Bonchev–Trinajstić information content (AvgIpc) is 2.99. The van der Waals surface area contributed by atoms with Gasteiger partial charge >= 0.3 is 0 Å². The molecule has 0 saturated heterocycles. The first-order valence-electron chi connectivity index (χ1n) is 6.49. The van der Waals surface area contributed by atoms with Gasteiger partial charge in [-0.25, -0.2) is 0 Å². The van der Waals surface area contributed by atoms with E-state index in [1.54, 1.807) is 31.4 Å². The lowest BCUT2D eigenvalue weighted by atomic mass is 10.1. The maximum absolute atomic E-state index is 9.83. The lowest BCUT2D eigenvalue weighted by molar-refractivity contribution is 0.126. The first-order chi connectivity index (χ1) is 10.3. The highest BCUT2D eigenvalue weighted by molar-refractivity contribution is 5.61. The number of methoxy groups -OCH3 is 1. The number of phenols is 1. The van der Waals surface area contributed by atoms with Crippen LogP contribution >= 0.6 is 0 Å². The van der Waals surface area contributed by atoms with E-state index in [1.807, 2.05) is 30.3 Å². The van der Waals surface area contributed by atoms with Gasteiger partial charge in [-0.3, -0.25) is 0 Å². The third-order valence-electron chi connectivity index (χ3n) is 3.15. The molecule has 0 fully saturated rings. The zero-order valence-corrected chi connectivity index (χ0v) is 11.4. The van der Waals surface area contributed by atoms with Crippen molar-refractivity contribution in [1.82, 2.24) is 10.1 Å². The quantitative estimate of drug-likeness (QED) is 0.796.